The largest absolute Gasteiger partial charge is 0.329 e. The first-order chi connectivity index (χ1) is 13.0. The minimum Gasteiger partial charge on any atom is -0.329 e. The first kappa shape index (κ1) is 18.1. The molecule has 0 bridgehead atoms. The van der Waals surface area contributed by atoms with Crippen LogP contribution in [-0.2, 0) is 9.59 Å². The molecule has 8 nitrogen and oxygen atoms in total. The maximum atomic E-state index is 12.1. The van der Waals surface area contributed by atoms with Gasteiger partial charge in [-0.25, -0.2) is 4.79 Å². The van der Waals surface area contributed by atoms with Crippen LogP contribution in [0.2, 0.25) is 0 Å². The monoisotopic (exact) mass is 366 g/mol. The second kappa shape index (κ2) is 8.13. The third-order valence-electron chi connectivity index (χ3n) is 3.96. The molecule has 27 heavy (non-hydrogen) atoms. The van der Waals surface area contributed by atoms with Crippen molar-refractivity contribution in [3.63, 3.8) is 0 Å². The van der Waals surface area contributed by atoms with Crippen LogP contribution < -0.4 is 16.0 Å². The molecule has 0 radical (unpaired) electrons. The first-order valence-electron chi connectivity index (χ1n) is 8.37. The fourth-order valence-electron chi connectivity index (χ4n) is 2.55. The van der Waals surface area contributed by atoms with Gasteiger partial charge in [0.1, 0.15) is 0 Å². The third-order valence-corrected chi connectivity index (χ3v) is 3.96. The van der Waals surface area contributed by atoms with Crippen LogP contribution in [0.4, 0.5) is 16.2 Å². The summed E-state index contributed by atoms with van der Waals surface area (Å²) in [6.45, 7) is -0.00165. The van der Waals surface area contributed by atoms with Crippen molar-refractivity contribution >= 4 is 35.1 Å². The van der Waals surface area contributed by atoms with Crippen LogP contribution in [0.5, 0.6) is 0 Å². The summed E-state index contributed by atoms with van der Waals surface area (Å²) in [6.07, 6.45) is 0.00561. The zero-order valence-electron chi connectivity index (χ0n) is 14.4. The number of hydrogen-bond acceptors (Lipinski definition) is 4. The molecule has 1 fully saturated rings. The number of nitrogens with zero attached hydrogens (tertiary/aromatic N) is 1. The molecule has 0 aliphatic carbocycles. The highest BCUT2D eigenvalue weighted by Gasteiger charge is 2.28. The predicted molar refractivity (Wildman–Crippen MR) is 99.2 cm³/mol. The number of carbonyl (C=O) groups excluding carboxylic acids is 4. The van der Waals surface area contributed by atoms with Crippen molar-refractivity contribution in [3.05, 3.63) is 60.2 Å². The van der Waals surface area contributed by atoms with E-state index in [1.54, 1.807) is 48.5 Å². The minimum atomic E-state index is -0.480. The van der Waals surface area contributed by atoms with Crippen molar-refractivity contribution in [1.29, 1.82) is 0 Å². The molecular formula is C19H18N4O4. The number of anilines is 2. The van der Waals surface area contributed by atoms with Crippen LogP contribution in [0.1, 0.15) is 16.8 Å². The van der Waals surface area contributed by atoms with Crippen LogP contribution in [-0.4, -0.2) is 41.7 Å². The molecule has 138 valence electrons. The highest BCUT2D eigenvalue weighted by molar-refractivity contribution is 6.04. The Kier molecular flexibility index (Phi) is 5.46. The fourth-order valence-corrected chi connectivity index (χ4v) is 2.55. The Hall–Kier alpha value is -3.68. The Morgan fingerprint density at radius 1 is 0.926 bits per heavy atom. The lowest BCUT2D eigenvalue weighted by Gasteiger charge is -2.12. The highest BCUT2D eigenvalue weighted by Crippen LogP contribution is 2.15. The van der Waals surface area contributed by atoms with Gasteiger partial charge in [-0.3, -0.25) is 19.3 Å². The Morgan fingerprint density at radius 2 is 1.56 bits per heavy atom. The van der Waals surface area contributed by atoms with E-state index in [9.17, 15) is 19.2 Å². The molecule has 1 heterocycles. The van der Waals surface area contributed by atoms with Gasteiger partial charge in [-0.05, 0) is 36.4 Å². The zero-order valence-corrected chi connectivity index (χ0v) is 14.4. The summed E-state index contributed by atoms with van der Waals surface area (Å²) < 4.78 is 0. The summed E-state index contributed by atoms with van der Waals surface area (Å²) in [5.74, 6) is -0.879. The van der Waals surface area contributed by atoms with Crippen molar-refractivity contribution in [2.24, 2.45) is 0 Å². The molecule has 0 saturated carbocycles. The predicted octanol–water partition coefficient (Wildman–Crippen LogP) is 1.82. The number of carbonyl (C=O) groups is 4. The van der Waals surface area contributed by atoms with Crippen LogP contribution in [0.15, 0.2) is 54.6 Å². The molecule has 2 aromatic rings. The molecule has 0 unspecified atom stereocenters. The van der Waals surface area contributed by atoms with E-state index >= 15 is 0 Å². The standard InChI is InChI=1S/C19H18N4O4/c24-16(10-11-23-17(25)12-20-19(23)27)21-14-6-8-15(9-7-14)22-18(26)13-4-2-1-3-5-13/h1-9H,10-12H2,(H,20,27)(H,21,24)(H,22,26). The lowest BCUT2D eigenvalue weighted by atomic mass is 10.2. The molecule has 1 aliphatic rings. The van der Waals surface area contributed by atoms with Gasteiger partial charge >= 0.3 is 6.03 Å². The molecule has 0 aromatic heterocycles. The van der Waals surface area contributed by atoms with E-state index in [0.29, 0.717) is 16.9 Å². The number of urea groups is 1. The summed E-state index contributed by atoms with van der Waals surface area (Å²) in [6, 6.07) is 15.0. The summed E-state index contributed by atoms with van der Waals surface area (Å²) in [7, 11) is 0. The van der Waals surface area contributed by atoms with Gasteiger partial charge < -0.3 is 16.0 Å². The van der Waals surface area contributed by atoms with Crippen molar-refractivity contribution in [2.45, 2.75) is 6.42 Å². The van der Waals surface area contributed by atoms with Crippen LogP contribution in [0, 0.1) is 0 Å². The molecule has 1 aliphatic heterocycles. The highest BCUT2D eigenvalue weighted by atomic mass is 16.2. The summed E-state index contributed by atoms with van der Waals surface area (Å²) in [5.41, 5.74) is 1.70. The molecule has 3 rings (SSSR count). The lowest BCUT2D eigenvalue weighted by Crippen LogP contribution is -2.33. The first-order valence-corrected chi connectivity index (χ1v) is 8.37. The quantitative estimate of drug-likeness (QED) is 0.678. The second-order valence-corrected chi connectivity index (χ2v) is 5.90. The molecule has 0 atom stereocenters. The Bertz CT molecular complexity index is 849. The number of imide groups is 1. The Morgan fingerprint density at radius 3 is 2.15 bits per heavy atom. The van der Waals surface area contributed by atoms with Gasteiger partial charge in [-0.1, -0.05) is 18.2 Å². The van der Waals surface area contributed by atoms with Crippen LogP contribution in [0.25, 0.3) is 0 Å². The van der Waals surface area contributed by atoms with Gasteiger partial charge in [-0.15, -0.1) is 0 Å². The van der Waals surface area contributed by atoms with Gasteiger partial charge in [0.2, 0.25) is 11.8 Å². The average Bonchev–Trinajstić information content (AvgIpc) is 3.00. The molecule has 1 saturated heterocycles. The topological polar surface area (TPSA) is 108 Å². The maximum absolute atomic E-state index is 12.1. The second-order valence-electron chi connectivity index (χ2n) is 5.90. The van der Waals surface area contributed by atoms with Crippen LogP contribution >= 0.6 is 0 Å². The maximum Gasteiger partial charge on any atom is 0.324 e. The van der Waals surface area contributed by atoms with Gasteiger partial charge in [0.05, 0.1) is 6.54 Å². The van der Waals surface area contributed by atoms with Gasteiger partial charge in [-0.2, -0.15) is 0 Å². The smallest absolute Gasteiger partial charge is 0.324 e. The lowest BCUT2D eigenvalue weighted by molar-refractivity contribution is -0.125. The van der Waals surface area contributed by atoms with E-state index < -0.39 is 6.03 Å². The van der Waals surface area contributed by atoms with E-state index in [2.05, 4.69) is 16.0 Å². The molecule has 2 aromatic carbocycles. The summed E-state index contributed by atoms with van der Waals surface area (Å²) in [4.78, 5) is 48.0. The van der Waals surface area contributed by atoms with Crippen molar-refractivity contribution < 1.29 is 19.2 Å². The zero-order chi connectivity index (χ0) is 19.2. The molecule has 8 heteroatoms. The Labute approximate surface area is 155 Å². The molecule has 0 spiro atoms. The van der Waals surface area contributed by atoms with Crippen molar-refractivity contribution in [2.75, 3.05) is 23.7 Å². The Balaban J connectivity index is 1.50. The van der Waals surface area contributed by atoms with Crippen LogP contribution in [0.3, 0.4) is 0 Å². The minimum absolute atomic E-state index is 0.00561. The fraction of sp³-hybridized carbons (Fsp3) is 0.158. The number of amides is 5. The number of rotatable bonds is 6. The van der Waals surface area contributed by atoms with Gasteiger partial charge in [0, 0.05) is 29.9 Å². The van der Waals surface area contributed by atoms with Gasteiger partial charge in [0.25, 0.3) is 5.91 Å². The molecule has 5 amide bonds. The van der Waals surface area contributed by atoms with Crippen molar-refractivity contribution in [3.8, 4) is 0 Å². The summed E-state index contributed by atoms with van der Waals surface area (Å²) >= 11 is 0. The van der Waals surface area contributed by atoms with E-state index in [1.165, 1.54) is 0 Å². The third kappa shape index (κ3) is 4.69. The van der Waals surface area contributed by atoms with E-state index in [4.69, 9.17) is 0 Å². The van der Waals surface area contributed by atoms with E-state index in [0.717, 1.165) is 4.90 Å². The summed E-state index contributed by atoms with van der Waals surface area (Å²) in [5, 5.41) is 7.85. The van der Waals surface area contributed by atoms with E-state index in [1.807, 2.05) is 6.07 Å². The SMILES string of the molecule is O=C(CCN1C(=O)CNC1=O)Nc1ccc(NC(=O)c2ccccc2)cc1. The number of hydrogen-bond donors (Lipinski definition) is 3. The molecular weight excluding hydrogens is 348 g/mol. The number of nitrogens with one attached hydrogen (secondary N) is 3. The molecule has 3 N–H and O–H groups in total. The average molecular weight is 366 g/mol. The van der Waals surface area contributed by atoms with Gasteiger partial charge in [0.15, 0.2) is 0 Å². The normalized spacial score (nSPS) is 13.3. The van der Waals surface area contributed by atoms with E-state index in [-0.39, 0.29) is 37.2 Å². The number of benzene rings is 2. The van der Waals surface area contributed by atoms with Crippen molar-refractivity contribution in [1.82, 2.24) is 10.2 Å².